The fourth-order valence-corrected chi connectivity index (χ4v) is 5.90. The molecular weight excluding hydrogens is 576 g/mol. The third kappa shape index (κ3) is 7.85. The van der Waals surface area contributed by atoms with Crippen molar-refractivity contribution in [3.63, 3.8) is 0 Å². The third-order valence-electron chi connectivity index (χ3n) is 8.29. The Morgan fingerprint density at radius 1 is 1.11 bits per heavy atom. The predicted octanol–water partition coefficient (Wildman–Crippen LogP) is 6.13. The summed E-state index contributed by atoms with van der Waals surface area (Å²) in [7, 11) is 3.37. The van der Waals surface area contributed by atoms with Crippen LogP contribution in [0.2, 0.25) is 0 Å². The molecule has 2 aromatic carbocycles. The Kier molecular flexibility index (Phi) is 10.0. The number of likely N-dealkylation sites (tertiary alicyclic amines) is 1. The second-order valence-electron chi connectivity index (χ2n) is 11.5. The van der Waals surface area contributed by atoms with E-state index in [1.54, 1.807) is 42.5 Å². The molecular formula is C33H38F4N4O3. The number of nitrogens with one attached hydrogen (secondary N) is 2. The summed E-state index contributed by atoms with van der Waals surface area (Å²) in [6.45, 7) is 1.31. The molecule has 0 aliphatic carbocycles. The maximum absolute atomic E-state index is 14.7. The van der Waals surface area contributed by atoms with Gasteiger partial charge in [0, 0.05) is 49.4 Å². The lowest BCUT2D eigenvalue weighted by Crippen LogP contribution is -2.46. The normalized spacial score (nSPS) is 19.8. The number of Topliss-reactive ketones (excluding diaryl/α,β-unsaturated/α-hetero) is 1. The van der Waals surface area contributed by atoms with Gasteiger partial charge in [0.1, 0.15) is 18.5 Å². The zero-order valence-corrected chi connectivity index (χ0v) is 25.0. The number of alkyl halides is 4. The first-order chi connectivity index (χ1) is 21.1. The van der Waals surface area contributed by atoms with Gasteiger partial charge in [0.25, 0.3) is 0 Å². The second kappa shape index (κ2) is 13.9. The number of anilines is 2. The van der Waals surface area contributed by atoms with Gasteiger partial charge in [0.2, 0.25) is 0 Å². The number of aromatic nitrogens is 1. The molecule has 2 saturated heterocycles. The standard InChI is InChI=1S/C33H38F4N4O3/c1-40-14-10-28(26(34)20-40)39-27-6-3-7-30-25(27)19-24(41(30)21-33(35,36)37)5-4-13-38-29-9-8-23(18-32(29)43-2)31(42)17-22-11-15-44-16-12-22/h3,6-9,18-19,22,26,28,38-39H,10-17,20-21H2,1-2H3/t26-,28+/m0/s1. The number of ether oxygens (including phenoxy) is 2. The van der Waals surface area contributed by atoms with E-state index in [0.29, 0.717) is 72.1 Å². The van der Waals surface area contributed by atoms with Crippen molar-refractivity contribution in [2.75, 3.05) is 57.6 Å². The second-order valence-corrected chi connectivity index (χ2v) is 11.5. The Morgan fingerprint density at radius 3 is 2.64 bits per heavy atom. The minimum atomic E-state index is -4.46. The molecule has 0 unspecified atom stereocenters. The van der Waals surface area contributed by atoms with E-state index in [9.17, 15) is 22.4 Å². The van der Waals surface area contributed by atoms with Crippen LogP contribution in [0.25, 0.3) is 10.9 Å². The first kappa shape index (κ1) is 31.7. The molecule has 0 amide bonds. The summed E-state index contributed by atoms with van der Waals surface area (Å²) in [5, 5.41) is 6.93. The van der Waals surface area contributed by atoms with Crippen LogP contribution in [0.5, 0.6) is 5.75 Å². The smallest absolute Gasteiger partial charge is 0.406 e. The predicted molar refractivity (Wildman–Crippen MR) is 163 cm³/mol. The molecule has 44 heavy (non-hydrogen) atoms. The summed E-state index contributed by atoms with van der Waals surface area (Å²) in [6.07, 6.45) is -2.76. The molecule has 236 valence electrons. The number of fused-ring (bicyclic) bond motifs is 1. The zero-order valence-electron chi connectivity index (χ0n) is 25.0. The van der Waals surface area contributed by atoms with Crippen LogP contribution in [0.4, 0.5) is 28.9 Å². The Bertz CT molecular complexity index is 1520. The van der Waals surface area contributed by atoms with Crippen molar-refractivity contribution in [1.82, 2.24) is 9.47 Å². The summed E-state index contributed by atoms with van der Waals surface area (Å²) >= 11 is 0. The number of hydrogen-bond donors (Lipinski definition) is 2. The molecule has 7 nitrogen and oxygen atoms in total. The van der Waals surface area contributed by atoms with Gasteiger partial charge >= 0.3 is 6.18 Å². The lowest BCUT2D eigenvalue weighted by atomic mass is 9.92. The Morgan fingerprint density at radius 2 is 1.91 bits per heavy atom. The minimum absolute atomic E-state index is 0.0470. The number of carbonyl (C=O) groups is 1. The van der Waals surface area contributed by atoms with Gasteiger partial charge in [-0.3, -0.25) is 4.79 Å². The number of piperidine rings is 1. The van der Waals surface area contributed by atoms with E-state index in [1.807, 2.05) is 11.9 Å². The average Bonchev–Trinajstić information content (AvgIpc) is 3.33. The van der Waals surface area contributed by atoms with Crippen molar-refractivity contribution >= 4 is 28.1 Å². The van der Waals surface area contributed by atoms with E-state index >= 15 is 0 Å². The maximum Gasteiger partial charge on any atom is 0.406 e. The van der Waals surface area contributed by atoms with Crippen LogP contribution in [0, 0.1) is 17.8 Å². The first-order valence-electron chi connectivity index (χ1n) is 14.9. The highest BCUT2D eigenvalue weighted by atomic mass is 19.4. The molecule has 2 fully saturated rings. The van der Waals surface area contributed by atoms with Gasteiger partial charge in [0.05, 0.1) is 36.6 Å². The number of methoxy groups -OCH3 is 1. The SMILES string of the molecule is COc1cc(C(=O)CC2CCOCC2)ccc1NCC#Cc1cc2c(N[C@@H]3CCN(C)C[C@@H]3F)cccc2n1CC(F)(F)F. The van der Waals surface area contributed by atoms with Crippen molar-refractivity contribution in [3.8, 4) is 17.6 Å². The molecule has 2 aliphatic heterocycles. The molecule has 2 N–H and O–H groups in total. The number of rotatable bonds is 9. The fourth-order valence-electron chi connectivity index (χ4n) is 5.90. The van der Waals surface area contributed by atoms with Gasteiger partial charge in [0.15, 0.2) is 5.78 Å². The van der Waals surface area contributed by atoms with Crippen LogP contribution in [-0.2, 0) is 11.3 Å². The van der Waals surface area contributed by atoms with E-state index in [-0.39, 0.29) is 18.0 Å². The lowest BCUT2D eigenvalue weighted by Gasteiger charge is -2.33. The lowest BCUT2D eigenvalue weighted by molar-refractivity contribution is -0.140. The Balaban J connectivity index is 1.32. The van der Waals surface area contributed by atoms with Crippen molar-refractivity contribution in [1.29, 1.82) is 0 Å². The topological polar surface area (TPSA) is 67.8 Å². The van der Waals surface area contributed by atoms with Crippen LogP contribution < -0.4 is 15.4 Å². The molecule has 0 spiro atoms. The summed E-state index contributed by atoms with van der Waals surface area (Å²) in [4.78, 5) is 14.8. The van der Waals surface area contributed by atoms with Crippen LogP contribution in [0.15, 0.2) is 42.5 Å². The minimum Gasteiger partial charge on any atom is -0.495 e. The van der Waals surface area contributed by atoms with Gasteiger partial charge in [-0.25, -0.2) is 4.39 Å². The Hall–Kier alpha value is -3.75. The monoisotopic (exact) mass is 614 g/mol. The Labute approximate surface area is 254 Å². The van der Waals surface area contributed by atoms with Crippen molar-refractivity contribution < 1.29 is 31.8 Å². The van der Waals surface area contributed by atoms with E-state index in [2.05, 4.69) is 22.5 Å². The van der Waals surface area contributed by atoms with E-state index in [1.165, 1.54) is 7.11 Å². The number of halogens is 4. The van der Waals surface area contributed by atoms with Crippen molar-refractivity contribution in [2.45, 2.75) is 50.6 Å². The molecule has 5 rings (SSSR count). The highest BCUT2D eigenvalue weighted by Gasteiger charge is 2.31. The summed E-state index contributed by atoms with van der Waals surface area (Å²) < 4.78 is 67.6. The van der Waals surface area contributed by atoms with Crippen LogP contribution in [0.3, 0.4) is 0 Å². The van der Waals surface area contributed by atoms with Gasteiger partial charge in [-0.2, -0.15) is 13.2 Å². The summed E-state index contributed by atoms with van der Waals surface area (Å²) in [5.41, 5.74) is 2.33. The zero-order chi connectivity index (χ0) is 31.3. The number of nitrogens with zero attached hydrogens (tertiary/aromatic N) is 2. The molecule has 0 radical (unpaired) electrons. The van der Waals surface area contributed by atoms with Crippen LogP contribution in [0.1, 0.15) is 41.7 Å². The molecule has 11 heteroatoms. The molecule has 0 bridgehead atoms. The molecule has 3 aromatic rings. The maximum atomic E-state index is 14.7. The molecule has 0 saturated carbocycles. The van der Waals surface area contributed by atoms with Crippen molar-refractivity contribution in [3.05, 3.63) is 53.7 Å². The van der Waals surface area contributed by atoms with Crippen molar-refractivity contribution in [2.24, 2.45) is 5.92 Å². The summed E-state index contributed by atoms with van der Waals surface area (Å²) in [5.74, 6) is 6.65. The molecule has 3 heterocycles. The van der Waals surface area contributed by atoms with Gasteiger partial charge < -0.3 is 29.6 Å². The summed E-state index contributed by atoms with van der Waals surface area (Å²) in [6, 6.07) is 11.4. The quantitative estimate of drug-likeness (QED) is 0.172. The highest BCUT2D eigenvalue weighted by molar-refractivity contribution is 5.97. The molecule has 2 aliphatic rings. The number of hydrogen-bond acceptors (Lipinski definition) is 6. The van der Waals surface area contributed by atoms with E-state index in [4.69, 9.17) is 9.47 Å². The van der Waals surface area contributed by atoms with Crippen LogP contribution in [-0.4, -0.2) is 80.6 Å². The molecule has 2 atom stereocenters. The number of carbonyl (C=O) groups excluding carboxylic acids is 1. The average molecular weight is 615 g/mol. The van der Waals surface area contributed by atoms with E-state index < -0.39 is 24.9 Å². The van der Waals surface area contributed by atoms with Gasteiger partial charge in [-0.1, -0.05) is 12.0 Å². The third-order valence-corrected chi connectivity index (χ3v) is 8.29. The first-order valence-corrected chi connectivity index (χ1v) is 14.9. The fraction of sp³-hybridized carbons (Fsp3) is 0.485. The van der Waals surface area contributed by atoms with Gasteiger partial charge in [-0.05, 0) is 74.5 Å². The van der Waals surface area contributed by atoms with E-state index in [0.717, 1.165) is 24.0 Å². The number of ketones is 1. The van der Waals surface area contributed by atoms with Gasteiger partial charge in [-0.15, -0.1) is 0 Å². The largest absolute Gasteiger partial charge is 0.495 e. The molecule has 1 aromatic heterocycles. The highest BCUT2D eigenvalue weighted by Crippen LogP contribution is 2.32. The number of benzene rings is 2. The van der Waals surface area contributed by atoms with Crippen LogP contribution >= 0.6 is 0 Å².